The van der Waals surface area contributed by atoms with Gasteiger partial charge in [0, 0.05) is 4.70 Å². The fourth-order valence-corrected chi connectivity index (χ4v) is 7.29. The Morgan fingerprint density at radius 2 is 1.32 bits per heavy atom. The summed E-state index contributed by atoms with van der Waals surface area (Å²) in [4.78, 5) is 14.2. The Morgan fingerprint density at radius 1 is 0.707 bits per heavy atom. The molecule has 41 heavy (non-hydrogen) atoms. The molecule has 0 spiro atoms. The van der Waals surface area contributed by atoms with E-state index in [1.807, 2.05) is 115 Å². The zero-order valence-electron chi connectivity index (χ0n) is 22.1. The number of thiophene rings is 1. The predicted molar refractivity (Wildman–Crippen MR) is 166 cm³/mol. The van der Waals surface area contributed by atoms with Gasteiger partial charge < -0.3 is 5.32 Å². The molecule has 204 valence electrons. The lowest BCUT2D eigenvalue weighted by atomic mass is 9.97. The van der Waals surface area contributed by atoms with Crippen molar-refractivity contribution in [2.24, 2.45) is 0 Å². The number of carbonyl (C=O) groups is 1. The largest absolute Gasteiger partial charge is 0.344 e. The highest BCUT2D eigenvalue weighted by Crippen LogP contribution is 2.28. The minimum Gasteiger partial charge on any atom is -0.344 e. The fraction of sp³-hybridized carbons (Fsp3) is 0.0882. The number of nitrogens with one attached hydrogen (secondary N) is 2. The fourth-order valence-electron chi connectivity index (χ4n) is 5.08. The maximum atomic E-state index is 14.0. The third-order valence-corrected chi connectivity index (χ3v) is 9.66. The highest BCUT2D eigenvalue weighted by molar-refractivity contribution is 7.89. The maximum Gasteiger partial charge on any atom is 0.241 e. The Kier molecular flexibility index (Phi) is 7.65. The normalized spacial score (nSPS) is 12.5. The van der Waals surface area contributed by atoms with E-state index in [1.165, 1.54) is 0 Å². The molecule has 1 unspecified atom stereocenters. The van der Waals surface area contributed by atoms with E-state index in [1.54, 1.807) is 29.5 Å². The Morgan fingerprint density at radius 3 is 2.02 bits per heavy atom. The van der Waals surface area contributed by atoms with E-state index in [9.17, 15) is 13.2 Å². The molecule has 1 heterocycles. The first-order valence-electron chi connectivity index (χ1n) is 13.3. The van der Waals surface area contributed by atoms with Gasteiger partial charge in [-0.25, -0.2) is 8.42 Å². The van der Waals surface area contributed by atoms with Gasteiger partial charge in [0.1, 0.15) is 6.04 Å². The zero-order valence-corrected chi connectivity index (χ0v) is 23.7. The highest BCUT2D eigenvalue weighted by atomic mass is 32.2. The van der Waals surface area contributed by atoms with Crippen molar-refractivity contribution in [1.29, 1.82) is 0 Å². The minimum absolute atomic E-state index is 0.117. The average Bonchev–Trinajstić information content (AvgIpc) is 3.42. The highest BCUT2D eigenvalue weighted by Gasteiger charge is 2.29. The van der Waals surface area contributed by atoms with Gasteiger partial charge in [0.05, 0.1) is 10.9 Å². The first-order valence-corrected chi connectivity index (χ1v) is 15.7. The molecular formula is C34H28N2O3S2. The van der Waals surface area contributed by atoms with E-state index in [4.69, 9.17) is 0 Å². The van der Waals surface area contributed by atoms with E-state index in [-0.39, 0.29) is 11.3 Å². The van der Waals surface area contributed by atoms with Crippen molar-refractivity contribution in [3.63, 3.8) is 0 Å². The Labute approximate surface area is 243 Å². The van der Waals surface area contributed by atoms with Crippen LogP contribution in [0.4, 0.5) is 0 Å². The van der Waals surface area contributed by atoms with Crippen molar-refractivity contribution < 1.29 is 13.2 Å². The lowest BCUT2D eigenvalue weighted by Gasteiger charge is -2.24. The summed E-state index contributed by atoms with van der Waals surface area (Å²) in [6.45, 7) is 0. The molecule has 1 atom stereocenters. The standard InChI is InChI=1S/C34H28N2O3S2/c37-34(35-33(25-12-3-1-4-13-25)26-14-5-2-6-15-26)31(22-28-23-40-32-18-10-9-17-30(28)32)36-41(38,39)29-20-19-24-11-7-8-16-27(24)21-29/h1-21,23,31,33,36H,22H2,(H,35,37). The van der Waals surface area contributed by atoms with Gasteiger partial charge in [-0.1, -0.05) is 109 Å². The summed E-state index contributed by atoms with van der Waals surface area (Å²) in [5.74, 6) is -0.401. The van der Waals surface area contributed by atoms with Crippen molar-refractivity contribution in [3.05, 3.63) is 149 Å². The molecule has 0 saturated heterocycles. The van der Waals surface area contributed by atoms with E-state index in [0.717, 1.165) is 37.5 Å². The summed E-state index contributed by atoms with van der Waals surface area (Å²) < 4.78 is 31.3. The molecule has 1 amide bonds. The van der Waals surface area contributed by atoms with Gasteiger partial charge in [-0.15, -0.1) is 11.3 Å². The number of amides is 1. The molecular weight excluding hydrogens is 549 g/mol. The molecule has 0 saturated carbocycles. The lowest BCUT2D eigenvalue weighted by Crippen LogP contribution is -2.48. The molecule has 0 fully saturated rings. The first-order chi connectivity index (χ1) is 20.0. The Hall–Kier alpha value is -4.30. The molecule has 0 bridgehead atoms. The zero-order chi connectivity index (χ0) is 28.2. The second-order valence-electron chi connectivity index (χ2n) is 9.91. The molecule has 0 radical (unpaired) electrons. The monoisotopic (exact) mass is 576 g/mol. The molecule has 5 nitrogen and oxygen atoms in total. The first kappa shape index (κ1) is 26.9. The van der Waals surface area contributed by atoms with E-state index in [2.05, 4.69) is 10.0 Å². The van der Waals surface area contributed by atoms with Crippen LogP contribution in [0.3, 0.4) is 0 Å². The maximum absolute atomic E-state index is 14.0. The number of hydrogen-bond acceptors (Lipinski definition) is 4. The number of rotatable bonds is 9. The van der Waals surface area contributed by atoms with Gasteiger partial charge in [-0.05, 0) is 62.8 Å². The third kappa shape index (κ3) is 5.93. The molecule has 6 rings (SSSR count). The summed E-state index contributed by atoms with van der Waals surface area (Å²) in [6, 6.07) is 38.4. The third-order valence-electron chi connectivity index (χ3n) is 7.18. The molecule has 6 aromatic rings. The van der Waals surface area contributed by atoms with Crippen molar-refractivity contribution in [2.75, 3.05) is 0 Å². The molecule has 0 aliphatic rings. The number of sulfonamides is 1. The van der Waals surface area contributed by atoms with Crippen molar-refractivity contribution in [2.45, 2.75) is 23.4 Å². The van der Waals surface area contributed by atoms with Crippen LogP contribution in [0.5, 0.6) is 0 Å². The van der Waals surface area contributed by atoms with E-state index < -0.39 is 28.0 Å². The van der Waals surface area contributed by atoms with Crippen LogP contribution in [0.1, 0.15) is 22.7 Å². The molecule has 0 aliphatic heterocycles. The second-order valence-corrected chi connectivity index (χ2v) is 12.5. The number of benzene rings is 5. The van der Waals surface area contributed by atoms with Crippen molar-refractivity contribution in [1.82, 2.24) is 10.0 Å². The van der Waals surface area contributed by atoms with Gasteiger partial charge in [0.25, 0.3) is 0 Å². The van der Waals surface area contributed by atoms with Gasteiger partial charge in [0.15, 0.2) is 0 Å². The summed E-state index contributed by atoms with van der Waals surface area (Å²) in [5, 5.41) is 7.93. The van der Waals surface area contributed by atoms with E-state index in [0.29, 0.717) is 0 Å². The summed E-state index contributed by atoms with van der Waals surface area (Å²) in [7, 11) is -4.02. The average molecular weight is 577 g/mol. The number of carbonyl (C=O) groups excluding carboxylic acids is 1. The van der Waals surface area contributed by atoms with Gasteiger partial charge in [0.2, 0.25) is 15.9 Å². The summed E-state index contributed by atoms with van der Waals surface area (Å²) in [5.41, 5.74) is 2.73. The van der Waals surface area contributed by atoms with Crippen LogP contribution in [0, 0.1) is 0 Å². The lowest BCUT2D eigenvalue weighted by molar-refractivity contribution is -0.123. The van der Waals surface area contributed by atoms with Crippen LogP contribution in [-0.2, 0) is 21.2 Å². The molecule has 2 N–H and O–H groups in total. The summed E-state index contributed by atoms with van der Waals surface area (Å²) in [6.07, 6.45) is 0.207. The van der Waals surface area contributed by atoms with Gasteiger partial charge >= 0.3 is 0 Å². The second kappa shape index (κ2) is 11.7. The minimum atomic E-state index is -4.02. The quantitative estimate of drug-likeness (QED) is 0.198. The topological polar surface area (TPSA) is 75.3 Å². The van der Waals surface area contributed by atoms with Crippen LogP contribution >= 0.6 is 11.3 Å². The molecule has 7 heteroatoms. The van der Waals surface area contributed by atoms with Crippen molar-refractivity contribution >= 4 is 48.1 Å². The Balaban J connectivity index is 1.36. The number of hydrogen-bond donors (Lipinski definition) is 2. The van der Waals surface area contributed by atoms with Crippen LogP contribution in [0.2, 0.25) is 0 Å². The molecule has 5 aromatic carbocycles. The van der Waals surface area contributed by atoms with Gasteiger partial charge in [-0.2, -0.15) is 4.72 Å². The van der Waals surface area contributed by atoms with Crippen LogP contribution < -0.4 is 10.0 Å². The SMILES string of the molecule is O=C(NC(c1ccccc1)c1ccccc1)C(Cc1csc2ccccc12)NS(=O)(=O)c1ccc2ccccc2c1. The number of fused-ring (bicyclic) bond motifs is 2. The smallest absolute Gasteiger partial charge is 0.241 e. The van der Waals surface area contributed by atoms with Crippen LogP contribution in [0.15, 0.2) is 138 Å². The molecule has 0 aliphatic carbocycles. The molecule has 1 aromatic heterocycles. The Bertz CT molecular complexity index is 1880. The van der Waals surface area contributed by atoms with Crippen molar-refractivity contribution in [3.8, 4) is 0 Å². The van der Waals surface area contributed by atoms with Crippen LogP contribution in [0.25, 0.3) is 20.9 Å². The predicted octanol–water partition coefficient (Wildman–Crippen LogP) is 6.85. The van der Waals surface area contributed by atoms with Gasteiger partial charge in [-0.3, -0.25) is 4.79 Å². The van der Waals surface area contributed by atoms with E-state index >= 15 is 0 Å². The van der Waals surface area contributed by atoms with Crippen LogP contribution in [-0.4, -0.2) is 20.4 Å². The summed E-state index contributed by atoms with van der Waals surface area (Å²) >= 11 is 1.58.